The van der Waals surface area contributed by atoms with E-state index in [1.54, 1.807) is 28.9 Å². The van der Waals surface area contributed by atoms with Crippen molar-refractivity contribution in [3.63, 3.8) is 0 Å². The number of halogens is 1. The summed E-state index contributed by atoms with van der Waals surface area (Å²) in [5, 5.41) is 8.57. The number of nitrogens with two attached hydrogens (primary N) is 1. The summed E-state index contributed by atoms with van der Waals surface area (Å²) >= 11 is 9.18. The monoisotopic (exact) mass is 393 g/mol. The molecule has 0 fully saturated rings. The highest BCUT2D eigenvalue weighted by Crippen LogP contribution is 2.30. The molecule has 8 heteroatoms. The lowest BCUT2D eigenvalue weighted by Crippen LogP contribution is -2.19. The molecule has 0 aliphatic heterocycles. The first kappa shape index (κ1) is 18.3. The number of aromatic nitrogens is 3. The van der Waals surface area contributed by atoms with Gasteiger partial charge in [-0.1, -0.05) is 12.2 Å². The maximum Gasteiger partial charge on any atom is 0.224 e. The van der Waals surface area contributed by atoms with Crippen LogP contribution in [0, 0.1) is 6.92 Å². The lowest BCUT2D eigenvalue weighted by molar-refractivity contribution is 0.606. The molecule has 3 N–H and O–H groups in total. The van der Waals surface area contributed by atoms with Gasteiger partial charge in [0.25, 0.3) is 0 Å². The molecule has 0 amide bonds. The molecule has 5 nitrogen and oxygen atoms in total. The van der Waals surface area contributed by atoms with Crippen molar-refractivity contribution in [3.8, 4) is 0 Å². The van der Waals surface area contributed by atoms with E-state index in [9.17, 15) is 0 Å². The zero-order chi connectivity index (χ0) is 17.6. The molecular formula is C17H20ClN5S2. The van der Waals surface area contributed by atoms with Crippen LogP contribution in [0.2, 0.25) is 5.28 Å². The number of nitrogens with zero attached hydrogens (tertiary/aromatic N) is 3. The molecule has 4 rings (SSSR count). The largest absolute Gasteiger partial charge is 0.362 e. The van der Waals surface area contributed by atoms with Gasteiger partial charge in [0.15, 0.2) is 0 Å². The zero-order valence-electron chi connectivity index (χ0n) is 13.9. The normalized spacial score (nSPS) is 16.5. The molecule has 0 saturated heterocycles. The predicted molar refractivity (Wildman–Crippen MR) is 108 cm³/mol. The molecule has 1 unspecified atom stereocenters. The van der Waals surface area contributed by atoms with Crippen LogP contribution in [0.25, 0.3) is 10.2 Å². The standard InChI is InChI=1S/C11H9ClN4S2.C6H11N/c1-6-5-18-9-8(6)15-11(12)16-10(9)14-4-7-13-2-3-17-7;7-6-4-2-1-3-5-6/h2-3,5H,4H2,1H3,(H,14,15,16);1-2,6H,3-5,7H2. The molecule has 0 radical (unpaired) electrons. The number of thiophene rings is 1. The minimum Gasteiger partial charge on any atom is -0.362 e. The van der Waals surface area contributed by atoms with Crippen molar-refractivity contribution >= 4 is 50.3 Å². The summed E-state index contributed by atoms with van der Waals surface area (Å²) in [5.74, 6) is 0.776. The van der Waals surface area contributed by atoms with E-state index >= 15 is 0 Å². The van der Waals surface area contributed by atoms with Crippen molar-refractivity contribution in [2.24, 2.45) is 5.73 Å². The number of fused-ring (bicyclic) bond motifs is 1. The lowest BCUT2D eigenvalue weighted by atomic mass is 10.0. The van der Waals surface area contributed by atoms with Crippen molar-refractivity contribution in [3.05, 3.63) is 45.0 Å². The molecule has 3 aromatic rings. The smallest absolute Gasteiger partial charge is 0.224 e. The SMILES string of the molecule is Cc1csc2c(NCc3nccs3)nc(Cl)nc12.NC1CC=CCC1. The van der Waals surface area contributed by atoms with Crippen LogP contribution in [-0.2, 0) is 6.54 Å². The van der Waals surface area contributed by atoms with Crippen LogP contribution in [0.15, 0.2) is 29.1 Å². The third-order valence-corrected chi connectivity index (χ3v) is 5.81. The number of hydrogen-bond donors (Lipinski definition) is 2. The topological polar surface area (TPSA) is 76.7 Å². The fourth-order valence-electron chi connectivity index (χ4n) is 2.44. The van der Waals surface area contributed by atoms with Gasteiger partial charge in [-0.25, -0.2) is 9.97 Å². The van der Waals surface area contributed by atoms with Crippen LogP contribution < -0.4 is 11.1 Å². The molecule has 3 heterocycles. The summed E-state index contributed by atoms with van der Waals surface area (Å²) < 4.78 is 1.04. The Morgan fingerprint density at radius 3 is 2.84 bits per heavy atom. The molecule has 1 atom stereocenters. The maximum absolute atomic E-state index is 5.94. The van der Waals surface area contributed by atoms with E-state index in [1.165, 1.54) is 12.8 Å². The Labute approximate surface area is 160 Å². The van der Waals surface area contributed by atoms with E-state index in [2.05, 4.69) is 37.8 Å². The van der Waals surface area contributed by atoms with Gasteiger partial charge in [-0.05, 0) is 48.7 Å². The summed E-state index contributed by atoms with van der Waals surface area (Å²) in [4.78, 5) is 12.7. The van der Waals surface area contributed by atoms with E-state index in [-0.39, 0.29) is 5.28 Å². The highest BCUT2D eigenvalue weighted by atomic mass is 35.5. The fourth-order valence-corrected chi connectivity index (χ4v) is 4.12. The third kappa shape index (κ3) is 4.98. The zero-order valence-corrected chi connectivity index (χ0v) is 16.3. The Hall–Kier alpha value is -1.54. The Morgan fingerprint density at radius 1 is 1.32 bits per heavy atom. The second kappa shape index (κ2) is 8.71. The van der Waals surface area contributed by atoms with Crippen LogP contribution in [-0.4, -0.2) is 21.0 Å². The molecule has 1 aliphatic carbocycles. The number of anilines is 1. The summed E-state index contributed by atoms with van der Waals surface area (Å²) in [6, 6.07) is 0.449. The van der Waals surface area contributed by atoms with Crippen LogP contribution >= 0.6 is 34.3 Å². The van der Waals surface area contributed by atoms with Gasteiger partial charge in [0.05, 0.1) is 16.8 Å². The van der Waals surface area contributed by atoms with Gasteiger partial charge in [0, 0.05) is 17.6 Å². The first-order valence-corrected chi connectivity index (χ1v) is 10.2. The number of allylic oxidation sites excluding steroid dienone is 1. The molecule has 1 aliphatic rings. The van der Waals surface area contributed by atoms with Gasteiger partial charge in [-0.15, -0.1) is 22.7 Å². The Morgan fingerprint density at radius 2 is 2.20 bits per heavy atom. The van der Waals surface area contributed by atoms with Crippen LogP contribution in [0.4, 0.5) is 5.82 Å². The number of rotatable bonds is 3. The molecule has 0 bridgehead atoms. The van der Waals surface area contributed by atoms with Crippen molar-refractivity contribution in [1.29, 1.82) is 0 Å². The van der Waals surface area contributed by atoms with Crippen molar-refractivity contribution in [2.75, 3.05) is 5.32 Å². The van der Waals surface area contributed by atoms with Gasteiger partial charge < -0.3 is 11.1 Å². The number of thiazole rings is 1. The van der Waals surface area contributed by atoms with Crippen LogP contribution in [0.3, 0.4) is 0 Å². The third-order valence-electron chi connectivity index (χ3n) is 3.77. The van der Waals surface area contributed by atoms with Gasteiger partial charge in [-0.3, -0.25) is 0 Å². The summed E-state index contributed by atoms with van der Waals surface area (Å²) in [5.41, 5.74) is 7.62. The Bertz CT molecular complexity index is 844. The number of aryl methyl sites for hydroxylation is 1. The first-order valence-electron chi connectivity index (χ1n) is 8.07. The Balaban J connectivity index is 0.000000219. The highest BCUT2D eigenvalue weighted by Gasteiger charge is 2.10. The van der Waals surface area contributed by atoms with Crippen molar-refractivity contribution in [1.82, 2.24) is 15.0 Å². The maximum atomic E-state index is 5.94. The van der Waals surface area contributed by atoms with E-state index in [0.717, 1.165) is 33.0 Å². The van der Waals surface area contributed by atoms with Gasteiger partial charge >= 0.3 is 0 Å². The quantitative estimate of drug-likeness (QED) is 0.494. The first-order chi connectivity index (χ1) is 12.1. The van der Waals surface area contributed by atoms with E-state index in [0.29, 0.717) is 12.6 Å². The molecule has 0 spiro atoms. The molecular weight excluding hydrogens is 374 g/mol. The Kier molecular flexibility index (Phi) is 6.36. The molecule has 0 saturated carbocycles. The molecule has 25 heavy (non-hydrogen) atoms. The predicted octanol–water partition coefficient (Wildman–Crippen LogP) is 4.78. The van der Waals surface area contributed by atoms with E-state index in [1.807, 2.05) is 12.3 Å². The van der Waals surface area contributed by atoms with Crippen molar-refractivity contribution in [2.45, 2.75) is 38.8 Å². The second-order valence-corrected chi connectivity index (χ2v) is 7.96. The second-order valence-electron chi connectivity index (χ2n) is 5.76. The molecule has 3 aromatic heterocycles. The van der Waals surface area contributed by atoms with Crippen molar-refractivity contribution < 1.29 is 0 Å². The number of hydrogen-bond acceptors (Lipinski definition) is 7. The highest BCUT2D eigenvalue weighted by molar-refractivity contribution is 7.18. The van der Waals surface area contributed by atoms with Crippen LogP contribution in [0.1, 0.15) is 29.8 Å². The fraction of sp³-hybridized carbons (Fsp3) is 0.353. The molecule has 132 valence electrons. The summed E-state index contributed by atoms with van der Waals surface area (Å²) in [6.07, 6.45) is 9.59. The minimum absolute atomic E-state index is 0.269. The van der Waals surface area contributed by atoms with E-state index < -0.39 is 0 Å². The summed E-state index contributed by atoms with van der Waals surface area (Å²) in [7, 11) is 0. The van der Waals surface area contributed by atoms with Crippen LogP contribution in [0.5, 0.6) is 0 Å². The lowest BCUT2D eigenvalue weighted by Gasteiger charge is -2.09. The van der Waals surface area contributed by atoms with Gasteiger partial charge in [0.1, 0.15) is 10.8 Å². The molecule has 0 aromatic carbocycles. The van der Waals surface area contributed by atoms with Gasteiger partial charge in [-0.2, -0.15) is 4.98 Å². The average Bonchev–Trinajstić information content (AvgIpc) is 3.25. The average molecular weight is 394 g/mol. The van der Waals surface area contributed by atoms with Gasteiger partial charge in [0.2, 0.25) is 5.28 Å². The summed E-state index contributed by atoms with van der Waals surface area (Å²) in [6.45, 7) is 2.67. The minimum atomic E-state index is 0.269. The van der Waals surface area contributed by atoms with E-state index in [4.69, 9.17) is 17.3 Å². The number of nitrogens with one attached hydrogen (secondary N) is 1.